The van der Waals surface area contributed by atoms with Crippen LogP contribution < -0.4 is 10.6 Å². The van der Waals surface area contributed by atoms with E-state index in [0.29, 0.717) is 19.4 Å². The number of thioether (sulfide) groups is 1. The predicted octanol–water partition coefficient (Wildman–Crippen LogP) is 2.23. The smallest absolute Gasteiger partial charge is 0.462 e. The van der Waals surface area contributed by atoms with Crippen molar-refractivity contribution in [3.8, 4) is 0 Å². The summed E-state index contributed by atoms with van der Waals surface area (Å²) in [5.41, 5.74) is -0.492. The van der Waals surface area contributed by atoms with Crippen molar-refractivity contribution in [2.24, 2.45) is 0 Å². The molecular formula is C29H54N3O14PS. The normalized spacial score (nSPS) is 15.3. The number of rotatable bonds is 22. The van der Waals surface area contributed by atoms with Crippen molar-refractivity contribution in [1.29, 1.82) is 0 Å². The van der Waals surface area contributed by atoms with Crippen molar-refractivity contribution >= 4 is 56.1 Å². The molecular weight excluding hydrogens is 677 g/mol. The van der Waals surface area contributed by atoms with E-state index in [1.165, 1.54) is 37.7 Å². The van der Waals surface area contributed by atoms with Crippen LogP contribution in [0.3, 0.4) is 0 Å². The minimum atomic E-state index is -1.75. The van der Waals surface area contributed by atoms with Crippen LogP contribution >= 0.6 is 20.4 Å². The first-order valence-corrected chi connectivity index (χ1v) is 17.6. The molecule has 19 heteroatoms. The fraction of sp³-hybridized carbons (Fsp3) is 0.793. The van der Waals surface area contributed by atoms with E-state index >= 15 is 0 Å². The van der Waals surface area contributed by atoms with Gasteiger partial charge >= 0.3 is 20.7 Å². The van der Waals surface area contributed by atoms with E-state index < -0.39 is 37.7 Å². The quantitative estimate of drug-likeness (QED) is 0.0542. The Kier molecular flexibility index (Phi) is 28.0. The average molecular weight is 732 g/mol. The van der Waals surface area contributed by atoms with Gasteiger partial charge in [-0.3, -0.25) is 28.9 Å². The van der Waals surface area contributed by atoms with Crippen LogP contribution in [0.4, 0.5) is 4.79 Å². The average Bonchev–Trinajstić information content (AvgIpc) is 3.30. The summed E-state index contributed by atoms with van der Waals surface area (Å²) in [5, 5.41) is 22.2. The van der Waals surface area contributed by atoms with Gasteiger partial charge in [-0.1, -0.05) is 20.8 Å². The van der Waals surface area contributed by atoms with Crippen molar-refractivity contribution in [2.45, 2.75) is 84.2 Å². The molecule has 4 N–H and O–H groups in total. The first-order chi connectivity index (χ1) is 22.7. The van der Waals surface area contributed by atoms with Gasteiger partial charge in [0.1, 0.15) is 6.61 Å². The fourth-order valence-corrected chi connectivity index (χ4v) is 5.24. The highest BCUT2D eigenvalue weighted by Gasteiger charge is 2.39. The Balaban J connectivity index is 0. The molecule has 1 aliphatic heterocycles. The van der Waals surface area contributed by atoms with E-state index in [0.717, 1.165) is 6.42 Å². The van der Waals surface area contributed by atoms with Gasteiger partial charge in [-0.2, -0.15) is 0 Å². The molecule has 1 rings (SSSR count). The van der Waals surface area contributed by atoms with E-state index in [1.54, 1.807) is 0 Å². The van der Waals surface area contributed by atoms with Gasteiger partial charge in [-0.05, 0) is 26.7 Å². The Bertz CT molecular complexity index is 975. The van der Waals surface area contributed by atoms with Gasteiger partial charge in [0.05, 0.1) is 43.0 Å². The summed E-state index contributed by atoms with van der Waals surface area (Å²) in [6, 6.07) is 0. The molecule has 1 heterocycles. The summed E-state index contributed by atoms with van der Waals surface area (Å²) >= 11 is 1.18. The molecule has 0 aliphatic carbocycles. The van der Waals surface area contributed by atoms with Crippen molar-refractivity contribution in [2.75, 3.05) is 66.0 Å². The largest absolute Gasteiger partial charge is 0.506 e. The highest BCUT2D eigenvalue weighted by atomic mass is 32.2. The third-order valence-electron chi connectivity index (χ3n) is 5.77. The molecule has 4 amide bonds. The van der Waals surface area contributed by atoms with E-state index in [4.69, 9.17) is 28.5 Å². The zero-order chi connectivity index (χ0) is 37.1. The number of aliphatic hydroxyl groups excluding tert-OH is 1. The minimum absolute atomic E-state index is 0.0206. The second-order valence-electron chi connectivity index (χ2n) is 10.1. The number of esters is 1. The lowest BCUT2D eigenvalue weighted by Gasteiger charge is -2.25. The van der Waals surface area contributed by atoms with Crippen molar-refractivity contribution in [3.63, 3.8) is 0 Å². The molecule has 0 aromatic carbocycles. The number of hydrogen-bond donors (Lipinski definition) is 4. The third kappa shape index (κ3) is 23.7. The predicted molar refractivity (Wildman–Crippen MR) is 178 cm³/mol. The van der Waals surface area contributed by atoms with Gasteiger partial charge in [-0.15, -0.1) is 11.8 Å². The monoisotopic (exact) mass is 731 g/mol. The number of carbonyl (C=O) groups excluding carboxylic acids is 5. The molecule has 0 aromatic rings. The number of aliphatic hydroxyl groups is 1. The van der Waals surface area contributed by atoms with Gasteiger partial charge in [0.2, 0.25) is 23.6 Å². The van der Waals surface area contributed by atoms with Crippen LogP contribution in [0.2, 0.25) is 0 Å². The first-order valence-electron chi connectivity index (χ1n) is 15.5. The molecule has 1 fully saturated rings. The van der Waals surface area contributed by atoms with Crippen LogP contribution in [0.5, 0.6) is 0 Å². The Labute approximate surface area is 288 Å². The number of ether oxygens (including phenoxy) is 3. The first kappa shape index (κ1) is 47.5. The SMILES string of the molecule is CC.CCCC(=O)NCCOP(OC)OCC(COC(C)=O)OC(=O)O.CNC(=O)CSC1CC(=O)N(CCOC(C)(C)CCO)C1=O. The number of likely N-dealkylation sites (tertiary alicyclic amines) is 1. The fourth-order valence-electron chi connectivity index (χ4n) is 3.40. The van der Waals surface area contributed by atoms with Crippen molar-refractivity contribution in [1.82, 2.24) is 15.5 Å². The Morgan fingerprint density at radius 2 is 1.77 bits per heavy atom. The van der Waals surface area contributed by atoms with Crippen LogP contribution in [0.1, 0.15) is 67.2 Å². The summed E-state index contributed by atoms with van der Waals surface area (Å²) in [6.45, 7) is 11.2. The van der Waals surface area contributed by atoms with Crippen molar-refractivity contribution < 1.29 is 66.8 Å². The number of carbonyl (C=O) groups is 6. The Morgan fingerprint density at radius 3 is 2.31 bits per heavy atom. The molecule has 48 heavy (non-hydrogen) atoms. The number of imide groups is 1. The lowest BCUT2D eigenvalue weighted by Crippen LogP contribution is -2.37. The van der Waals surface area contributed by atoms with Crippen LogP contribution in [-0.4, -0.2) is 134 Å². The highest BCUT2D eigenvalue weighted by Crippen LogP contribution is 2.38. The van der Waals surface area contributed by atoms with E-state index in [9.17, 15) is 28.8 Å². The lowest BCUT2D eigenvalue weighted by atomic mass is 10.1. The van der Waals surface area contributed by atoms with Gasteiger partial charge in [0, 0.05) is 47.1 Å². The van der Waals surface area contributed by atoms with E-state index in [2.05, 4.69) is 20.1 Å². The molecule has 0 radical (unpaired) electrons. The summed E-state index contributed by atoms with van der Waals surface area (Å²) in [7, 11) is 1.15. The Morgan fingerprint density at radius 1 is 1.10 bits per heavy atom. The van der Waals surface area contributed by atoms with Crippen LogP contribution in [-0.2, 0) is 51.8 Å². The maximum Gasteiger partial charge on any atom is 0.506 e. The maximum absolute atomic E-state index is 12.2. The van der Waals surface area contributed by atoms with Crippen LogP contribution in [0, 0.1) is 0 Å². The number of carboxylic acid groups (broad SMARTS) is 1. The third-order valence-corrected chi connectivity index (χ3v) is 8.02. The highest BCUT2D eigenvalue weighted by molar-refractivity contribution is 8.01. The minimum Gasteiger partial charge on any atom is -0.462 e. The molecule has 0 spiro atoms. The zero-order valence-corrected chi connectivity index (χ0v) is 30.9. The molecule has 0 bridgehead atoms. The Hall–Kier alpha value is -2.60. The maximum atomic E-state index is 12.2. The summed E-state index contributed by atoms with van der Waals surface area (Å²) in [4.78, 5) is 69.0. The number of nitrogens with zero attached hydrogens (tertiary/aromatic N) is 1. The molecule has 0 aromatic heterocycles. The second kappa shape index (κ2) is 28.3. The summed E-state index contributed by atoms with van der Waals surface area (Å²) in [6.07, 6.45) is -0.704. The molecule has 3 atom stereocenters. The van der Waals surface area contributed by atoms with Gasteiger partial charge < -0.3 is 48.6 Å². The number of nitrogens with one attached hydrogen (secondary N) is 2. The number of amides is 4. The lowest BCUT2D eigenvalue weighted by molar-refractivity contribution is -0.145. The molecule has 3 unspecified atom stereocenters. The zero-order valence-electron chi connectivity index (χ0n) is 29.2. The van der Waals surface area contributed by atoms with Gasteiger partial charge in [-0.25, -0.2) is 4.79 Å². The summed E-state index contributed by atoms with van der Waals surface area (Å²) < 4.78 is 30.4. The van der Waals surface area contributed by atoms with Gasteiger partial charge in [0.15, 0.2) is 6.10 Å². The molecule has 1 aliphatic rings. The van der Waals surface area contributed by atoms with Crippen LogP contribution in [0.25, 0.3) is 0 Å². The number of hydrogen-bond acceptors (Lipinski definition) is 14. The molecule has 0 saturated carbocycles. The molecule has 280 valence electrons. The summed E-state index contributed by atoms with van der Waals surface area (Å²) in [5.74, 6) is -1.14. The van der Waals surface area contributed by atoms with E-state index in [1.807, 2.05) is 34.6 Å². The van der Waals surface area contributed by atoms with Crippen LogP contribution in [0.15, 0.2) is 0 Å². The molecule has 17 nitrogen and oxygen atoms in total. The second-order valence-corrected chi connectivity index (χ2v) is 12.6. The standard InChI is InChI=1S/C14H24N2O5S.C13H24NO9P.C2H6/c1-14(2,4-6-17)21-7-5-16-12(19)8-10(13(16)20)22-9-11(18)15-3;1-4-5-12(16)14-6-7-21-24(19-3)22-9-11(23-13(17)18)8-20-10(2)15;1-2/h10,17H,4-9H2,1-3H3,(H,15,18);11H,4-9H2,1-3H3,(H,14,16)(H,17,18);1-2H3. The van der Waals surface area contributed by atoms with Gasteiger partial charge in [0.25, 0.3) is 0 Å². The van der Waals surface area contributed by atoms with E-state index in [-0.39, 0.29) is 75.4 Å². The topological polar surface area (TPSA) is 226 Å². The molecule has 1 saturated heterocycles. The van der Waals surface area contributed by atoms with Crippen molar-refractivity contribution in [3.05, 3.63) is 0 Å².